The van der Waals surface area contributed by atoms with Crippen LogP contribution in [0.25, 0.3) is 0 Å². The Kier molecular flexibility index (Phi) is 2.99. The zero-order valence-electron chi connectivity index (χ0n) is 9.27. The number of nitro benzene ring substituents is 1. The van der Waals surface area contributed by atoms with E-state index in [1.807, 2.05) is 6.07 Å². The van der Waals surface area contributed by atoms with Gasteiger partial charge in [0, 0.05) is 30.0 Å². The number of benzene rings is 1. The summed E-state index contributed by atoms with van der Waals surface area (Å²) in [5.74, 6) is 0. The molecule has 0 atom stereocenters. The summed E-state index contributed by atoms with van der Waals surface area (Å²) in [4.78, 5) is 14.8. The average Bonchev–Trinajstić information content (AvgIpc) is 2.29. The molecule has 0 saturated heterocycles. The minimum absolute atomic E-state index is 0.157. The van der Waals surface area contributed by atoms with E-state index in [0.29, 0.717) is 0 Å². The number of non-ortho nitro benzene ring substituents is 1. The van der Waals surface area contributed by atoms with Gasteiger partial charge in [-0.25, -0.2) is 0 Å². The topological polar surface area (TPSA) is 55.5 Å². The average molecular weight is 218 g/mol. The summed E-state index contributed by atoms with van der Waals surface area (Å²) in [7, 11) is 0. The zero-order valence-corrected chi connectivity index (χ0v) is 9.27. The van der Waals surface area contributed by atoms with Crippen LogP contribution in [0.4, 0.5) is 5.69 Å². The number of hydrogen-bond donors (Lipinski definition) is 0. The van der Waals surface area contributed by atoms with Crippen LogP contribution in [0.2, 0.25) is 0 Å². The summed E-state index contributed by atoms with van der Waals surface area (Å²) < 4.78 is 0. The Morgan fingerprint density at radius 2 is 2.31 bits per heavy atom. The van der Waals surface area contributed by atoms with Crippen molar-refractivity contribution in [2.24, 2.45) is 4.99 Å². The molecule has 0 N–H and O–H groups in total. The van der Waals surface area contributed by atoms with E-state index in [0.717, 1.165) is 37.1 Å². The van der Waals surface area contributed by atoms with Gasteiger partial charge >= 0.3 is 0 Å². The van der Waals surface area contributed by atoms with E-state index < -0.39 is 0 Å². The van der Waals surface area contributed by atoms with E-state index in [1.54, 1.807) is 12.1 Å². The van der Waals surface area contributed by atoms with E-state index in [9.17, 15) is 10.1 Å². The molecule has 0 fully saturated rings. The largest absolute Gasteiger partial charge is 0.289 e. The van der Waals surface area contributed by atoms with Gasteiger partial charge in [0.05, 0.1) is 4.92 Å². The van der Waals surface area contributed by atoms with Gasteiger partial charge in [-0.3, -0.25) is 15.1 Å². The molecular formula is C12H14N2O2. The van der Waals surface area contributed by atoms with Crippen LogP contribution in [-0.4, -0.2) is 17.2 Å². The van der Waals surface area contributed by atoms with Crippen molar-refractivity contribution in [1.82, 2.24) is 0 Å². The molecule has 0 aromatic heterocycles. The maximum Gasteiger partial charge on any atom is 0.270 e. The lowest BCUT2D eigenvalue weighted by atomic mass is 9.95. The predicted molar refractivity (Wildman–Crippen MR) is 63.1 cm³/mol. The Balaban J connectivity index is 2.43. The summed E-state index contributed by atoms with van der Waals surface area (Å²) in [6.07, 6.45) is 2.80. The minimum Gasteiger partial charge on any atom is -0.289 e. The minimum atomic E-state index is -0.349. The van der Waals surface area contributed by atoms with E-state index in [1.165, 1.54) is 5.56 Å². The molecule has 16 heavy (non-hydrogen) atoms. The number of fused-ring (bicyclic) bond motifs is 1. The number of hydrogen-bond acceptors (Lipinski definition) is 3. The fourth-order valence-corrected chi connectivity index (χ4v) is 2.01. The number of nitro groups is 1. The van der Waals surface area contributed by atoms with Crippen molar-refractivity contribution in [3.8, 4) is 0 Å². The van der Waals surface area contributed by atoms with Crippen molar-refractivity contribution >= 4 is 11.4 Å². The quantitative estimate of drug-likeness (QED) is 0.578. The summed E-state index contributed by atoms with van der Waals surface area (Å²) in [6, 6.07) is 5.09. The van der Waals surface area contributed by atoms with Crippen LogP contribution in [0.3, 0.4) is 0 Å². The Hall–Kier alpha value is -1.71. The van der Waals surface area contributed by atoms with Gasteiger partial charge in [-0.15, -0.1) is 0 Å². The van der Waals surface area contributed by atoms with Gasteiger partial charge < -0.3 is 0 Å². The molecule has 1 heterocycles. The van der Waals surface area contributed by atoms with Crippen LogP contribution in [0.5, 0.6) is 0 Å². The van der Waals surface area contributed by atoms with Gasteiger partial charge in [-0.1, -0.05) is 19.4 Å². The molecule has 84 valence electrons. The van der Waals surface area contributed by atoms with Crippen molar-refractivity contribution in [2.45, 2.75) is 26.2 Å². The van der Waals surface area contributed by atoms with Crippen LogP contribution in [0.1, 0.15) is 30.9 Å². The second-order valence-corrected chi connectivity index (χ2v) is 3.93. The van der Waals surface area contributed by atoms with Crippen LogP contribution in [0.15, 0.2) is 23.2 Å². The summed E-state index contributed by atoms with van der Waals surface area (Å²) in [5, 5.41) is 10.7. The first-order valence-electron chi connectivity index (χ1n) is 5.53. The van der Waals surface area contributed by atoms with Crippen molar-refractivity contribution in [3.63, 3.8) is 0 Å². The Morgan fingerprint density at radius 3 is 3.00 bits per heavy atom. The third-order valence-electron chi connectivity index (χ3n) is 2.79. The van der Waals surface area contributed by atoms with Crippen molar-refractivity contribution in [2.75, 3.05) is 6.54 Å². The molecule has 0 saturated carbocycles. The van der Waals surface area contributed by atoms with Crippen molar-refractivity contribution in [1.29, 1.82) is 0 Å². The van der Waals surface area contributed by atoms with E-state index in [2.05, 4.69) is 11.9 Å². The maximum atomic E-state index is 10.7. The number of aliphatic imine (C=N–C) groups is 1. The van der Waals surface area contributed by atoms with Crippen LogP contribution in [-0.2, 0) is 6.42 Å². The zero-order chi connectivity index (χ0) is 11.5. The molecule has 1 aliphatic rings. The molecule has 1 aromatic rings. The number of nitrogens with zero attached hydrogens (tertiary/aromatic N) is 2. The van der Waals surface area contributed by atoms with Gasteiger partial charge in [0.1, 0.15) is 0 Å². The summed E-state index contributed by atoms with van der Waals surface area (Å²) in [6.45, 7) is 2.90. The molecule has 1 aromatic carbocycles. The first kappa shape index (κ1) is 10.8. The van der Waals surface area contributed by atoms with Crippen LogP contribution < -0.4 is 0 Å². The smallest absolute Gasteiger partial charge is 0.270 e. The third-order valence-corrected chi connectivity index (χ3v) is 2.79. The SMILES string of the molecule is CCCC1=NCCc2ccc([N+](=O)[O-])cc21. The second-order valence-electron chi connectivity index (χ2n) is 3.93. The Morgan fingerprint density at radius 1 is 1.50 bits per heavy atom. The third kappa shape index (κ3) is 1.96. The Bertz CT molecular complexity index is 452. The highest BCUT2D eigenvalue weighted by Crippen LogP contribution is 2.23. The van der Waals surface area contributed by atoms with Gasteiger partial charge in [-0.05, 0) is 18.4 Å². The van der Waals surface area contributed by atoms with Gasteiger partial charge in [-0.2, -0.15) is 0 Å². The van der Waals surface area contributed by atoms with E-state index in [4.69, 9.17) is 0 Å². The highest BCUT2D eigenvalue weighted by Gasteiger charge is 2.17. The highest BCUT2D eigenvalue weighted by atomic mass is 16.6. The lowest BCUT2D eigenvalue weighted by Gasteiger charge is -2.16. The van der Waals surface area contributed by atoms with Gasteiger partial charge in [0.15, 0.2) is 0 Å². The highest BCUT2D eigenvalue weighted by molar-refractivity contribution is 6.03. The Labute approximate surface area is 94.2 Å². The molecule has 0 amide bonds. The first-order valence-corrected chi connectivity index (χ1v) is 5.53. The molecule has 0 bridgehead atoms. The van der Waals surface area contributed by atoms with E-state index >= 15 is 0 Å². The van der Waals surface area contributed by atoms with Gasteiger partial charge in [0.25, 0.3) is 5.69 Å². The normalized spacial score (nSPS) is 14.2. The van der Waals surface area contributed by atoms with Gasteiger partial charge in [0.2, 0.25) is 0 Å². The fourth-order valence-electron chi connectivity index (χ4n) is 2.01. The molecular weight excluding hydrogens is 204 g/mol. The molecule has 0 spiro atoms. The molecule has 0 unspecified atom stereocenters. The molecule has 1 aliphatic heterocycles. The molecule has 0 radical (unpaired) electrons. The fraction of sp³-hybridized carbons (Fsp3) is 0.417. The van der Waals surface area contributed by atoms with E-state index in [-0.39, 0.29) is 10.6 Å². The molecule has 4 heteroatoms. The first-order chi connectivity index (χ1) is 7.72. The molecule has 0 aliphatic carbocycles. The predicted octanol–water partition coefficient (Wildman–Crippen LogP) is 2.74. The maximum absolute atomic E-state index is 10.7. The number of rotatable bonds is 3. The van der Waals surface area contributed by atoms with Crippen LogP contribution in [0, 0.1) is 10.1 Å². The lowest BCUT2D eigenvalue weighted by molar-refractivity contribution is -0.384. The van der Waals surface area contributed by atoms with Crippen molar-refractivity contribution in [3.05, 3.63) is 39.4 Å². The summed E-state index contributed by atoms with van der Waals surface area (Å²) >= 11 is 0. The molecule has 4 nitrogen and oxygen atoms in total. The van der Waals surface area contributed by atoms with Crippen LogP contribution >= 0.6 is 0 Å². The molecule has 2 rings (SSSR count). The lowest BCUT2D eigenvalue weighted by Crippen LogP contribution is -2.13. The second kappa shape index (κ2) is 4.43. The van der Waals surface area contributed by atoms with Crippen molar-refractivity contribution < 1.29 is 4.92 Å². The summed E-state index contributed by atoms with van der Waals surface area (Å²) in [5.41, 5.74) is 3.34. The monoisotopic (exact) mass is 218 g/mol. The standard InChI is InChI=1S/C12H14N2O2/c1-2-3-12-11-8-10(14(15)16)5-4-9(11)6-7-13-12/h4-5,8H,2-3,6-7H2,1H3.